The topological polar surface area (TPSA) is 69.2 Å². The van der Waals surface area contributed by atoms with Gasteiger partial charge in [-0.1, -0.05) is 51.9 Å². The van der Waals surface area contributed by atoms with Gasteiger partial charge in [0.2, 0.25) is 0 Å². The highest BCUT2D eigenvalue weighted by molar-refractivity contribution is 5.66. The Kier molecular flexibility index (Phi) is 7.54. The van der Waals surface area contributed by atoms with E-state index in [1.54, 1.807) is 4.90 Å². The molecule has 1 aromatic rings. The fourth-order valence-corrected chi connectivity index (χ4v) is 4.17. The average molecular weight is 364 g/mol. The zero-order valence-corrected chi connectivity index (χ0v) is 17.1. The quantitative estimate of drug-likeness (QED) is 0.536. The predicted molar refractivity (Wildman–Crippen MR) is 106 cm³/mol. The van der Waals surface area contributed by atoms with Crippen molar-refractivity contribution in [3.8, 4) is 0 Å². The summed E-state index contributed by atoms with van der Waals surface area (Å²) < 4.78 is 0. The molecule has 1 aliphatic rings. The maximum Gasteiger partial charge on any atom is 0.408 e. The van der Waals surface area contributed by atoms with Gasteiger partial charge in [0.05, 0.1) is 11.7 Å². The van der Waals surface area contributed by atoms with Crippen molar-refractivity contribution in [3.63, 3.8) is 0 Å². The highest BCUT2D eigenvalue weighted by atomic mass is 16.4. The second-order valence-corrected chi connectivity index (χ2v) is 8.73. The van der Waals surface area contributed by atoms with Gasteiger partial charge in [0.15, 0.2) is 0 Å². The minimum atomic E-state index is -0.867. The van der Waals surface area contributed by atoms with Crippen molar-refractivity contribution in [1.82, 2.24) is 14.9 Å². The number of carboxylic acid groups (broad SMARTS) is 1. The second-order valence-electron chi connectivity index (χ2n) is 8.73. The maximum atomic E-state index is 12.0. The molecule has 26 heavy (non-hydrogen) atoms. The van der Waals surface area contributed by atoms with E-state index in [-0.39, 0.29) is 6.04 Å². The van der Waals surface area contributed by atoms with E-state index in [4.69, 9.17) is 4.98 Å². The zero-order chi connectivity index (χ0) is 19.2. The number of amides is 1. The van der Waals surface area contributed by atoms with E-state index in [1.165, 1.54) is 44.9 Å². The first kappa shape index (κ1) is 20.8. The molecule has 0 saturated heterocycles. The van der Waals surface area contributed by atoms with Crippen LogP contribution in [0.5, 0.6) is 0 Å². The number of hydrogen-bond donors (Lipinski definition) is 2. The fraction of sp³-hybridized carbons (Fsp3) is 0.810. The summed E-state index contributed by atoms with van der Waals surface area (Å²) in [5.41, 5.74) is 0.663. The van der Waals surface area contributed by atoms with Crippen molar-refractivity contribution in [2.45, 2.75) is 109 Å². The number of aromatic nitrogens is 2. The van der Waals surface area contributed by atoms with Crippen LogP contribution in [-0.4, -0.2) is 31.6 Å². The van der Waals surface area contributed by atoms with Gasteiger partial charge in [0.25, 0.3) is 0 Å². The third kappa shape index (κ3) is 5.49. The smallest absolute Gasteiger partial charge is 0.408 e. The van der Waals surface area contributed by atoms with Crippen molar-refractivity contribution in [2.24, 2.45) is 0 Å². The lowest BCUT2D eigenvalue weighted by atomic mass is 9.87. The Morgan fingerprint density at radius 2 is 1.96 bits per heavy atom. The number of rotatable bonds is 8. The van der Waals surface area contributed by atoms with Gasteiger partial charge in [-0.2, -0.15) is 0 Å². The molecular weight excluding hydrogens is 326 g/mol. The normalized spacial score (nSPS) is 17.2. The van der Waals surface area contributed by atoms with Crippen LogP contribution in [0.15, 0.2) is 6.20 Å². The Balaban J connectivity index is 2.21. The molecule has 0 aromatic carbocycles. The number of nitrogens with zero attached hydrogens (tertiary/aromatic N) is 2. The second kappa shape index (κ2) is 9.43. The third-order valence-corrected chi connectivity index (χ3v) is 5.53. The van der Waals surface area contributed by atoms with Gasteiger partial charge in [-0.25, -0.2) is 9.78 Å². The monoisotopic (exact) mass is 363 g/mol. The summed E-state index contributed by atoms with van der Waals surface area (Å²) in [4.78, 5) is 21.9. The van der Waals surface area contributed by atoms with Crippen LogP contribution >= 0.6 is 0 Å². The largest absolute Gasteiger partial charge is 0.465 e. The number of hydrogen-bond acceptors (Lipinski definition) is 2. The first-order chi connectivity index (χ1) is 12.3. The van der Waals surface area contributed by atoms with Crippen LogP contribution in [0.1, 0.15) is 115 Å². The van der Waals surface area contributed by atoms with Gasteiger partial charge >= 0.3 is 6.09 Å². The molecule has 1 fully saturated rings. The number of aromatic amines is 1. The lowest BCUT2D eigenvalue weighted by Gasteiger charge is -2.39. The van der Waals surface area contributed by atoms with Crippen molar-refractivity contribution < 1.29 is 9.90 Å². The number of H-pyrrole nitrogens is 1. The van der Waals surface area contributed by atoms with Crippen LogP contribution in [0.3, 0.4) is 0 Å². The van der Waals surface area contributed by atoms with Crippen molar-refractivity contribution in [3.05, 3.63) is 17.7 Å². The fourth-order valence-electron chi connectivity index (χ4n) is 4.17. The van der Waals surface area contributed by atoms with Crippen LogP contribution in [0.4, 0.5) is 4.79 Å². The van der Waals surface area contributed by atoms with E-state index in [2.05, 4.69) is 11.9 Å². The zero-order valence-electron chi connectivity index (χ0n) is 17.1. The molecule has 148 valence electrons. The van der Waals surface area contributed by atoms with Crippen LogP contribution in [0.25, 0.3) is 0 Å². The lowest BCUT2D eigenvalue weighted by molar-refractivity contribution is 0.0630. The standard InChI is InChI=1S/C21H37N3O2/c1-5-6-7-11-14-18(24(20(25)26)21(2,3)4)19-22-15-17(23-19)16-12-9-8-10-13-16/h15-16,18H,5-14H2,1-4H3,(H,22,23)(H,25,26). The molecule has 1 amide bonds. The molecule has 1 aromatic heterocycles. The Labute approximate surface area is 158 Å². The van der Waals surface area contributed by atoms with Crippen molar-refractivity contribution in [2.75, 3.05) is 0 Å². The van der Waals surface area contributed by atoms with E-state index in [9.17, 15) is 9.90 Å². The number of imidazole rings is 1. The summed E-state index contributed by atoms with van der Waals surface area (Å²) >= 11 is 0. The van der Waals surface area contributed by atoms with E-state index in [0.717, 1.165) is 30.8 Å². The Hall–Kier alpha value is -1.52. The highest BCUT2D eigenvalue weighted by Crippen LogP contribution is 2.35. The van der Waals surface area contributed by atoms with Crippen LogP contribution < -0.4 is 0 Å². The maximum absolute atomic E-state index is 12.0. The number of unbranched alkanes of at least 4 members (excludes halogenated alkanes) is 3. The van der Waals surface area contributed by atoms with E-state index in [0.29, 0.717) is 5.92 Å². The SMILES string of the molecule is CCCCCCC(c1nc(C2CCCCC2)c[nH]1)N(C(=O)O)C(C)(C)C. The molecule has 1 aliphatic carbocycles. The molecule has 1 atom stereocenters. The molecule has 0 aliphatic heterocycles. The highest BCUT2D eigenvalue weighted by Gasteiger charge is 2.35. The average Bonchev–Trinajstić information content (AvgIpc) is 3.06. The summed E-state index contributed by atoms with van der Waals surface area (Å²) in [5.74, 6) is 1.35. The molecule has 5 nitrogen and oxygen atoms in total. The molecule has 1 saturated carbocycles. The first-order valence-corrected chi connectivity index (χ1v) is 10.4. The molecule has 1 heterocycles. The number of carbonyl (C=O) groups is 1. The minimum absolute atomic E-state index is 0.207. The molecule has 0 bridgehead atoms. The van der Waals surface area contributed by atoms with Gasteiger partial charge < -0.3 is 10.1 Å². The predicted octanol–water partition coefficient (Wildman–Crippen LogP) is 6.25. The van der Waals surface area contributed by atoms with Gasteiger partial charge in [-0.15, -0.1) is 0 Å². The lowest BCUT2D eigenvalue weighted by Crippen LogP contribution is -2.47. The van der Waals surface area contributed by atoms with Gasteiger partial charge in [0.1, 0.15) is 5.82 Å². The van der Waals surface area contributed by atoms with Gasteiger partial charge in [-0.3, -0.25) is 4.90 Å². The van der Waals surface area contributed by atoms with Gasteiger partial charge in [0, 0.05) is 17.7 Å². The Bertz CT molecular complexity index is 556. The summed E-state index contributed by atoms with van der Waals surface area (Å²) in [5, 5.41) is 9.88. The molecule has 2 rings (SSSR count). The molecule has 0 radical (unpaired) electrons. The Morgan fingerprint density at radius 1 is 1.27 bits per heavy atom. The summed E-state index contributed by atoms with van der Waals surface area (Å²) in [6, 6.07) is -0.207. The van der Waals surface area contributed by atoms with E-state index >= 15 is 0 Å². The molecule has 1 unspecified atom stereocenters. The molecule has 0 spiro atoms. The number of nitrogens with one attached hydrogen (secondary N) is 1. The molecule has 2 N–H and O–H groups in total. The van der Waals surface area contributed by atoms with Crippen molar-refractivity contribution >= 4 is 6.09 Å². The summed E-state index contributed by atoms with van der Waals surface area (Å²) in [6.07, 6.45) is 12.8. The molecular formula is C21H37N3O2. The Morgan fingerprint density at radius 3 is 2.54 bits per heavy atom. The summed E-state index contributed by atoms with van der Waals surface area (Å²) in [7, 11) is 0. The van der Waals surface area contributed by atoms with Crippen LogP contribution in [0, 0.1) is 0 Å². The van der Waals surface area contributed by atoms with Crippen LogP contribution in [0.2, 0.25) is 0 Å². The first-order valence-electron chi connectivity index (χ1n) is 10.4. The minimum Gasteiger partial charge on any atom is -0.465 e. The van der Waals surface area contributed by atoms with E-state index < -0.39 is 11.6 Å². The van der Waals surface area contributed by atoms with Crippen LogP contribution in [-0.2, 0) is 0 Å². The van der Waals surface area contributed by atoms with Gasteiger partial charge in [-0.05, 0) is 40.0 Å². The van der Waals surface area contributed by atoms with Crippen molar-refractivity contribution in [1.29, 1.82) is 0 Å². The third-order valence-electron chi connectivity index (χ3n) is 5.53. The summed E-state index contributed by atoms with van der Waals surface area (Å²) in [6.45, 7) is 8.08. The van der Waals surface area contributed by atoms with E-state index in [1.807, 2.05) is 27.0 Å². The molecule has 5 heteroatoms.